The number of aromatic nitrogens is 2. The number of carbonyl (C=O) groups is 1. The number of Topliss-reactive ketones (excluding diaryl/α,β-unsaturated/α-hetero) is 1. The molecule has 1 unspecified atom stereocenters. The second kappa shape index (κ2) is 4.62. The standard InChI is InChI=1S/C11H12N2O2S2/c1-6(14)7(2)17-11-12-9-8(4-5-16-9)10(15)13(11)3/h4-5,7H,1-3H3. The minimum Gasteiger partial charge on any atom is -0.299 e. The lowest BCUT2D eigenvalue weighted by atomic mass is 10.3. The summed E-state index contributed by atoms with van der Waals surface area (Å²) in [4.78, 5) is 28.4. The van der Waals surface area contributed by atoms with Gasteiger partial charge in [0.05, 0.1) is 10.6 Å². The highest BCUT2D eigenvalue weighted by molar-refractivity contribution is 8.00. The van der Waals surface area contributed by atoms with Crippen LogP contribution in [0.2, 0.25) is 0 Å². The highest BCUT2D eigenvalue weighted by atomic mass is 32.2. The fourth-order valence-corrected chi connectivity index (χ4v) is 3.01. The molecule has 0 aliphatic rings. The summed E-state index contributed by atoms with van der Waals surface area (Å²) < 4.78 is 1.50. The maximum Gasteiger partial charge on any atom is 0.262 e. The summed E-state index contributed by atoms with van der Waals surface area (Å²) in [6, 6.07) is 1.78. The summed E-state index contributed by atoms with van der Waals surface area (Å²) >= 11 is 2.76. The lowest BCUT2D eigenvalue weighted by Crippen LogP contribution is -2.21. The van der Waals surface area contributed by atoms with Crippen molar-refractivity contribution in [2.24, 2.45) is 7.05 Å². The predicted octanol–water partition coefficient (Wildman–Crippen LogP) is 2.06. The molecule has 0 bridgehead atoms. The van der Waals surface area contributed by atoms with E-state index in [-0.39, 0.29) is 16.6 Å². The topological polar surface area (TPSA) is 52.0 Å². The molecule has 2 aromatic rings. The van der Waals surface area contributed by atoms with Gasteiger partial charge in [-0.3, -0.25) is 14.2 Å². The van der Waals surface area contributed by atoms with Crippen LogP contribution in [-0.4, -0.2) is 20.6 Å². The van der Waals surface area contributed by atoms with Crippen LogP contribution in [0.4, 0.5) is 0 Å². The van der Waals surface area contributed by atoms with Gasteiger partial charge in [0.15, 0.2) is 5.16 Å². The van der Waals surface area contributed by atoms with Crippen LogP contribution < -0.4 is 5.56 Å². The Morgan fingerprint density at radius 3 is 2.94 bits per heavy atom. The molecular weight excluding hydrogens is 256 g/mol. The van der Waals surface area contributed by atoms with Gasteiger partial charge in [0.2, 0.25) is 0 Å². The number of thiophene rings is 1. The molecule has 0 aliphatic heterocycles. The fourth-order valence-electron chi connectivity index (χ4n) is 1.33. The Balaban J connectivity index is 2.51. The van der Waals surface area contributed by atoms with Crippen LogP contribution in [0.15, 0.2) is 21.4 Å². The first-order chi connectivity index (χ1) is 8.00. The van der Waals surface area contributed by atoms with Gasteiger partial charge in [-0.15, -0.1) is 11.3 Å². The van der Waals surface area contributed by atoms with E-state index in [0.29, 0.717) is 10.5 Å². The average Bonchev–Trinajstić information content (AvgIpc) is 2.73. The van der Waals surface area contributed by atoms with E-state index in [1.165, 1.54) is 27.7 Å². The first-order valence-electron chi connectivity index (χ1n) is 5.12. The molecule has 0 radical (unpaired) electrons. The van der Waals surface area contributed by atoms with Crippen molar-refractivity contribution in [2.75, 3.05) is 0 Å². The molecular formula is C11H12N2O2S2. The molecule has 2 aromatic heterocycles. The van der Waals surface area contributed by atoms with Gasteiger partial charge in [0, 0.05) is 7.05 Å². The number of ketones is 1. The maximum atomic E-state index is 12.0. The second-order valence-corrected chi connectivity index (χ2v) is 5.97. The Labute approximate surface area is 107 Å². The highest BCUT2D eigenvalue weighted by Gasteiger charge is 2.15. The molecule has 0 N–H and O–H groups in total. The lowest BCUT2D eigenvalue weighted by Gasteiger charge is -2.10. The smallest absolute Gasteiger partial charge is 0.262 e. The monoisotopic (exact) mass is 268 g/mol. The highest BCUT2D eigenvalue weighted by Crippen LogP contribution is 2.23. The largest absolute Gasteiger partial charge is 0.299 e. The van der Waals surface area contributed by atoms with Crippen molar-refractivity contribution in [3.63, 3.8) is 0 Å². The van der Waals surface area contributed by atoms with Crippen LogP contribution in [-0.2, 0) is 11.8 Å². The summed E-state index contributed by atoms with van der Waals surface area (Å²) in [7, 11) is 1.68. The summed E-state index contributed by atoms with van der Waals surface area (Å²) in [5.41, 5.74) is -0.0606. The number of carbonyl (C=O) groups excluding carboxylic acids is 1. The van der Waals surface area contributed by atoms with E-state index in [0.717, 1.165) is 4.83 Å². The molecule has 0 spiro atoms. The predicted molar refractivity (Wildman–Crippen MR) is 70.9 cm³/mol. The zero-order chi connectivity index (χ0) is 12.6. The Bertz CT molecular complexity index is 630. The van der Waals surface area contributed by atoms with Crippen LogP contribution in [0.1, 0.15) is 13.8 Å². The van der Waals surface area contributed by atoms with Gasteiger partial charge in [-0.2, -0.15) is 0 Å². The van der Waals surface area contributed by atoms with E-state index in [9.17, 15) is 9.59 Å². The van der Waals surface area contributed by atoms with E-state index in [1.807, 2.05) is 12.3 Å². The third kappa shape index (κ3) is 2.28. The molecule has 6 heteroatoms. The van der Waals surface area contributed by atoms with Gasteiger partial charge >= 0.3 is 0 Å². The number of hydrogen-bond donors (Lipinski definition) is 0. The van der Waals surface area contributed by atoms with Gasteiger partial charge in [0.1, 0.15) is 10.6 Å². The molecule has 0 aromatic carbocycles. The van der Waals surface area contributed by atoms with Crippen LogP contribution >= 0.6 is 23.1 Å². The molecule has 17 heavy (non-hydrogen) atoms. The van der Waals surface area contributed by atoms with Crippen molar-refractivity contribution in [2.45, 2.75) is 24.3 Å². The molecule has 90 valence electrons. The lowest BCUT2D eigenvalue weighted by molar-refractivity contribution is -0.116. The Hall–Kier alpha value is -1.14. The van der Waals surface area contributed by atoms with Crippen molar-refractivity contribution in [1.82, 2.24) is 9.55 Å². The zero-order valence-electron chi connectivity index (χ0n) is 9.76. The van der Waals surface area contributed by atoms with Gasteiger partial charge in [-0.1, -0.05) is 11.8 Å². The van der Waals surface area contributed by atoms with Gasteiger partial charge in [-0.05, 0) is 25.3 Å². The van der Waals surface area contributed by atoms with Gasteiger partial charge in [-0.25, -0.2) is 4.98 Å². The molecule has 2 rings (SSSR count). The third-order valence-electron chi connectivity index (χ3n) is 2.52. The van der Waals surface area contributed by atoms with E-state index < -0.39 is 0 Å². The quantitative estimate of drug-likeness (QED) is 0.631. The van der Waals surface area contributed by atoms with Crippen LogP contribution in [0.25, 0.3) is 10.2 Å². The third-order valence-corrected chi connectivity index (χ3v) is 4.59. The van der Waals surface area contributed by atoms with Crippen molar-refractivity contribution >= 4 is 39.1 Å². The Kier molecular flexibility index (Phi) is 3.35. The van der Waals surface area contributed by atoms with Crippen molar-refractivity contribution in [3.05, 3.63) is 21.8 Å². The SMILES string of the molecule is CC(=O)C(C)Sc1nc2sccc2c(=O)n1C. The minimum absolute atomic E-state index is 0.0606. The fraction of sp³-hybridized carbons (Fsp3) is 0.364. The molecule has 0 fully saturated rings. The van der Waals surface area contributed by atoms with Crippen LogP contribution in [0, 0.1) is 0 Å². The first kappa shape index (κ1) is 12.3. The van der Waals surface area contributed by atoms with Crippen LogP contribution in [0.3, 0.4) is 0 Å². The molecule has 0 saturated carbocycles. The summed E-state index contributed by atoms with van der Waals surface area (Å²) in [6.45, 7) is 3.36. The van der Waals surface area contributed by atoms with E-state index >= 15 is 0 Å². The summed E-state index contributed by atoms with van der Waals surface area (Å²) in [5.74, 6) is 0.0792. The number of nitrogens with zero attached hydrogens (tertiary/aromatic N) is 2. The Morgan fingerprint density at radius 2 is 2.29 bits per heavy atom. The van der Waals surface area contributed by atoms with Crippen molar-refractivity contribution < 1.29 is 4.79 Å². The molecule has 4 nitrogen and oxygen atoms in total. The first-order valence-corrected chi connectivity index (χ1v) is 6.88. The van der Waals surface area contributed by atoms with E-state index in [4.69, 9.17) is 0 Å². The summed E-state index contributed by atoms with van der Waals surface area (Å²) in [5, 5.41) is 2.89. The number of rotatable bonds is 3. The van der Waals surface area contributed by atoms with E-state index in [2.05, 4.69) is 4.98 Å². The summed E-state index contributed by atoms with van der Waals surface area (Å²) in [6.07, 6.45) is 0. The number of fused-ring (bicyclic) bond motifs is 1. The normalized spacial score (nSPS) is 12.9. The average molecular weight is 268 g/mol. The molecule has 0 amide bonds. The van der Waals surface area contributed by atoms with E-state index in [1.54, 1.807) is 20.0 Å². The Morgan fingerprint density at radius 1 is 1.59 bits per heavy atom. The zero-order valence-corrected chi connectivity index (χ0v) is 11.4. The second-order valence-electron chi connectivity index (χ2n) is 3.77. The molecule has 1 atom stereocenters. The molecule has 0 saturated heterocycles. The van der Waals surface area contributed by atoms with Gasteiger partial charge in [0.25, 0.3) is 5.56 Å². The van der Waals surface area contributed by atoms with Crippen molar-refractivity contribution in [1.29, 1.82) is 0 Å². The minimum atomic E-state index is -0.189. The molecule has 0 aliphatic carbocycles. The number of hydrogen-bond acceptors (Lipinski definition) is 5. The molecule has 2 heterocycles. The van der Waals surface area contributed by atoms with Gasteiger partial charge < -0.3 is 0 Å². The van der Waals surface area contributed by atoms with Crippen molar-refractivity contribution in [3.8, 4) is 0 Å². The van der Waals surface area contributed by atoms with Crippen LogP contribution in [0.5, 0.6) is 0 Å². The maximum absolute atomic E-state index is 12.0. The number of thioether (sulfide) groups is 1.